The molecule has 9 nitrogen and oxygen atoms in total. The molecule has 30 heavy (non-hydrogen) atoms. The van der Waals surface area contributed by atoms with E-state index in [1.54, 1.807) is 18.2 Å². The number of thiophene rings is 1. The zero-order chi connectivity index (χ0) is 21.1. The number of carbonyl (C=O) groups excluding carboxylic acids is 2. The van der Waals surface area contributed by atoms with Crippen LogP contribution in [-0.4, -0.2) is 45.8 Å². The third kappa shape index (κ3) is 4.18. The van der Waals surface area contributed by atoms with Crippen molar-refractivity contribution in [3.63, 3.8) is 0 Å². The molecule has 0 bridgehead atoms. The van der Waals surface area contributed by atoms with Crippen LogP contribution in [0.25, 0.3) is 5.69 Å². The molecule has 10 heteroatoms. The van der Waals surface area contributed by atoms with E-state index in [-0.39, 0.29) is 12.5 Å². The first-order chi connectivity index (χ1) is 14.5. The first kappa shape index (κ1) is 20.0. The molecule has 156 valence electrons. The molecular formula is C20H21N5O4S. The monoisotopic (exact) mass is 427 g/mol. The molecule has 1 aliphatic rings. The van der Waals surface area contributed by atoms with E-state index in [4.69, 9.17) is 9.47 Å². The van der Waals surface area contributed by atoms with Crippen LogP contribution < -0.4 is 10.1 Å². The first-order valence-electron chi connectivity index (χ1n) is 9.54. The Morgan fingerprint density at radius 2 is 2.23 bits per heavy atom. The lowest BCUT2D eigenvalue weighted by atomic mass is 9.88. The zero-order valence-corrected chi connectivity index (χ0v) is 17.4. The molecule has 2 heterocycles. The lowest BCUT2D eigenvalue weighted by molar-refractivity contribution is -0.118. The minimum atomic E-state index is -0.424. The van der Waals surface area contributed by atoms with Gasteiger partial charge in [-0.05, 0) is 53.3 Å². The number of methoxy groups -OCH3 is 1. The molecule has 1 atom stereocenters. The van der Waals surface area contributed by atoms with Gasteiger partial charge in [0.05, 0.1) is 18.4 Å². The smallest absolute Gasteiger partial charge is 0.341 e. The van der Waals surface area contributed by atoms with Crippen molar-refractivity contribution in [3.05, 3.63) is 46.6 Å². The minimum absolute atomic E-state index is 0.196. The van der Waals surface area contributed by atoms with Crippen molar-refractivity contribution in [2.45, 2.75) is 26.2 Å². The molecule has 0 spiro atoms. The number of carbonyl (C=O) groups is 2. The van der Waals surface area contributed by atoms with Crippen molar-refractivity contribution in [2.24, 2.45) is 5.92 Å². The number of amides is 1. The number of aromatic nitrogens is 4. The van der Waals surface area contributed by atoms with Crippen LogP contribution in [0.2, 0.25) is 0 Å². The van der Waals surface area contributed by atoms with Gasteiger partial charge in [0.2, 0.25) is 0 Å². The highest BCUT2D eigenvalue weighted by atomic mass is 32.1. The molecule has 1 amide bonds. The second-order valence-corrected chi connectivity index (χ2v) is 8.24. The van der Waals surface area contributed by atoms with E-state index < -0.39 is 5.97 Å². The highest BCUT2D eigenvalue weighted by Gasteiger charge is 2.28. The van der Waals surface area contributed by atoms with Crippen LogP contribution in [0.4, 0.5) is 5.00 Å². The van der Waals surface area contributed by atoms with Crippen molar-refractivity contribution >= 4 is 28.2 Å². The lowest BCUT2D eigenvalue weighted by Crippen LogP contribution is -2.21. The summed E-state index contributed by atoms with van der Waals surface area (Å²) in [5.41, 5.74) is 2.18. The number of esters is 1. The quantitative estimate of drug-likeness (QED) is 0.603. The van der Waals surface area contributed by atoms with Crippen molar-refractivity contribution in [1.82, 2.24) is 20.2 Å². The summed E-state index contributed by atoms with van der Waals surface area (Å²) in [7, 11) is 1.35. The normalized spacial score (nSPS) is 15.3. The Morgan fingerprint density at radius 3 is 3.00 bits per heavy atom. The maximum atomic E-state index is 12.5. The summed E-state index contributed by atoms with van der Waals surface area (Å²) < 4.78 is 12.1. The van der Waals surface area contributed by atoms with E-state index in [0.717, 1.165) is 29.7 Å². The first-order valence-corrected chi connectivity index (χ1v) is 10.4. The van der Waals surface area contributed by atoms with Gasteiger partial charge in [0.15, 0.2) is 6.61 Å². The summed E-state index contributed by atoms with van der Waals surface area (Å²) in [6, 6.07) is 7.08. The molecule has 3 aromatic rings. The number of hydrogen-bond acceptors (Lipinski definition) is 8. The Hall–Kier alpha value is -3.27. The van der Waals surface area contributed by atoms with Crippen molar-refractivity contribution in [2.75, 3.05) is 19.0 Å². The predicted molar refractivity (Wildman–Crippen MR) is 110 cm³/mol. The molecule has 2 aromatic heterocycles. The van der Waals surface area contributed by atoms with Gasteiger partial charge in [-0.3, -0.25) is 4.79 Å². The van der Waals surface area contributed by atoms with E-state index in [1.165, 1.54) is 29.5 Å². The fourth-order valence-electron chi connectivity index (χ4n) is 3.46. The van der Waals surface area contributed by atoms with E-state index in [2.05, 4.69) is 27.8 Å². The Bertz CT molecular complexity index is 1060. The van der Waals surface area contributed by atoms with Gasteiger partial charge >= 0.3 is 5.97 Å². The van der Waals surface area contributed by atoms with Crippen LogP contribution in [0, 0.1) is 5.92 Å². The topological polar surface area (TPSA) is 108 Å². The summed E-state index contributed by atoms with van der Waals surface area (Å²) in [6.45, 7) is 1.99. The average Bonchev–Trinajstić information content (AvgIpc) is 3.39. The maximum absolute atomic E-state index is 12.5. The number of nitrogens with zero attached hydrogens (tertiary/aromatic N) is 4. The summed E-state index contributed by atoms with van der Waals surface area (Å²) in [5.74, 6) is 0.290. The standard InChI is InChI=1S/C20H21N5O4S/c1-12-6-7-15-16(8-12)30-19(18(15)20(27)28-2)22-17(26)10-29-14-5-3-4-13(9-14)25-11-21-23-24-25/h3-5,9,11-12H,6-8,10H2,1-2H3,(H,22,26). The molecular weight excluding hydrogens is 406 g/mol. The molecule has 1 aromatic carbocycles. The molecule has 0 radical (unpaired) electrons. The van der Waals surface area contributed by atoms with Crippen molar-refractivity contribution in [1.29, 1.82) is 0 Å². The van der Waals surface area contributed by atoms with Crippen molar-refractivity contribution in [3.8, 4) is 11.4 Å². The third-order valence-electron chi connectivity index (χ3n) is 4.96. The van der Waals surface area contributed by atoms with E-state index >= 15 is 0 Å². The number of nitrogens with one attached hydrogen (secondary N) is 1. The number of anilines is 1. The fraction of sp³-hybridized carbons (Fsp3) is 0.350. The van der Waals surface area contributed by atoms with Gasteiger partial charge in [-0.25, -0.2) is 9.48 Å². The molecule has 0 saturated carbocycles. The minimum Gasteiger partial charge on any atom is -0.484 e. The van der Waals surface area contributed by atoms with Gasteiger partial charge in [-0.15, -0.1) is 16.4 Å². The number of fused-ring (bicyclic) bond motifs is 1. The van der Waals surface area contributed by atoms with E-state index in [1.807, 2.05) is 6.07 Å². The lowest BCUT2D eigenvalue weighted by Gasteiger charge is -2.18. The second-order valence-electron chi connectivity index (χ2n) is 7.14. The van der Waals surface area contributed by atoms with Crippen LogP contribution in [-0.2, 0) is 22.4 Å². The largest absolute Gasteiger partial charge is 0.484 e. The molecule has 1 aliphatic carbocycles. The number of ether oxygens (including phenoxy) is 2. The number of hydrogen-bond donors (Lipinski definition) is 1. The second kappa shape index (κ2) is 8.62. The molecule has 1 N–H and O–H groups in total. The SMILES string of the molecule is COC(=O)c1c(NC(=O)COc2cccc(-n3cnnn3)c2)sc2c1CCC(C)C2. The summed E-state index contributed by atoms with van der Waals surface area (Å²) in [5, 5.41) is 14.4. The van der Waals surface area contributed by atoms with E-state index in [0.29, 0.717) is 27.9 Å². The third-order valence-corrected chi connectivity index (χ3v) is 6.13. The average molecular weight is 427 g/mol. The highest BCUT2D eigenvalue weighted by molar-refractivity contribution is 7.17. The van der Waals surface area contributed by atoms with Gasteiger partial charge < -0.3 is 14.8 Å². The Labute approximate surface area is 177 Å². The summed E-state index contributed by atoms with van der Waals surface area (Å²) >= 11 is 1.45. The maximum Gasteiger partial charge on any atom is 0.341 e. The Morgan fingerprint density at radius 1 is 1.37 bits per heavy atom. The van der Waals surface area contributed by atoms with Crippen LogP contribution in [0.5, 0.6) is 5.75 Å². The summed E-state index contributed by atoms with van der Waals surface area (Å²) in [4.78, 5) is 26.0. The van der Waals surface area contributed by atoms with Crippen LogP contribution in [0.3, 0.4) is 0 Å². The molecule has 0 aliphatic heterocycles. The van der Waals surface area contributed by atoms with Gasteiger partial charge in [0.1, 0.15) is 17.1 Å². The molecule has 4 rings (SSSR count). The zero-order valence-electron chi connectivity index (χ0n) is 16.6. The van der Waals surface area contributed by atoms with Crippen molar-refractivity contribution < 1.29 is 19.1 Å². The Kier molecular flexibility index (Phi) is 5.75. The van der Waals surface area contributed by atoms with Gasteiger partial charge in [0.25, 0.3) is 5.91 Å². The van der Waals surface area contributed by atoms with Gasteiger partial charge in [-0.1, -0.05) is 13.0 Å². The van der Waals surface area contributed by atoms with Crippen LogP contribution in [0.15, 0.2) is 30.6 Å². The number of rotatable bonds is 6. The highest BCUT2D eigenvalue weighted by Crippen LogP contribution is 2.40. The van der Waals surface area contributed by atoms with Gasteiger partial charge in [0, 0.05) is 10.9 Å². The number of benzene rings is 1. The van der Waals surface area contributed by atoms with Crippen LogP contribution in [0.1, 0.15) is 34.1 Å². The van der Waals surface area contributed by atoms with Crippen LogP contribution >= 0.6 is 11.3 Å². The Balaban J connectivity index is 1.46. The summed E-state index contributed by atoms with van der Waals surface area (Å²) in [6.07, 6.45) is 4.20. The predicted octanol–water partition coefficient (Wildman–Crippen LogP) is 2.65. The molecule has 1 unspecified atom stereocenters. The fourth-order valence-corrected chi connectivity index (χ4v) is 4.88. The number of tetrazole rings is 1. The van der Waals surface area contributed by atoms with Gasteiger partial charge in [-0.2, -0.15) is 0 Å². The van der Waals surface area contributed by atoms with E-state index in [9.17, 15) is 9.59 Å². The molecule has 0 fully saturated rings. The molecule has 0 saturated heterocycles.